The standard InChI is InChI=1S/C26H25N5O3/c27-25(32)18-9-10-23(30-11-3-4-12-30)22(15-18)29-26(33)19-6-5-7-21(14-19)34-17-20-16-31-13-2-1-8-24(31)28-20/h1-2,5-10,13-16H,3-4,11-12,17H2,(H2,27,32)(H,29,33). The lowest BCUT2D eigenvalue weighted by Gasteiger charge is -2.22. The van der Waals surface area contributed by atoms with E-state index in [1.807, 2.05) is 41.1 Å². The first-order valence-corrected chi connectivity index (χ1v) is 11.2. The average molecular weight is 456 g/mol. The fraction of sp³-hybridized carbons (Fsp3) is 0.192. The number of carbonyl (C=O) groups is 2. The smallest absolute Gasteiger partial charge is 0.255 e. The molecule has 8 heteroatoms. The van der Waals surface area contributed by atoms with Crippen molar-refractivity contribution in [2.24, 2.45) is 5.73 Å². The first kappa shape index (κ1) is 21.5. The van der Waals surface area contributed by atoms with Crippen LogP contribution in [0.15, 0.2) is 73.1 Å². The van der Waals surface area contributed by atoms with Crippen molar-refractivity contribution < 1.29 is 14.3 Å². The van der Waals surface area contributed by atoms with Gasteiger partial charge in [0.1, 0.15) is 18.0 Å². The summed E-state index contributed by atoms with van der Waals surface area (Å²) in [5.74, 6) is -0.263. The van der Waals surface area contributed by atoms with E-state index in [1.165, 1.54) is 0 Å². The predicted octanol–water partition coefficient (Wildman–Crippen LogP) is 3.86. The normalized spacial score (nSPS) is 13.2. The van der Waals surface area contributed by atoms with E-state index in [9.17, 15) is 9.59 Å². The van der Waals surface area contributed by atoms with E-state index in [4.69, 9.17) is 10.5 Å². The fourth-order valence-corrected chi connectivity index (χ4v) is 4.16. The van der Waals surface area contributed by atoms with Crippen molar-refractivity contribution in [1.29, 1.82) is 0 Å². The number of pyridine rings is 1. The van der Waals surface area contributed by atoms with Gasteiger partial charge in [-0.05, 0) is 61.4 Å². The molecule has 4 aromatic rings. The molecule has 0 aliphatic carbocycles. The summed E-state index contributed by atoms with van der Waals surface area (Å²) < 4.78 is 7.82. The van der Waals surface area contributed by atoms with E-state index in [2.05, 4.69) is 15.2 Å². The molecule has 2 aromatic heterocycles. The largest absolute Gasteiger partial charge is 0.487 e. The van der Waals surface area contributed by atoms with Crippen LogP contribution >= 0.6 is 0 Å². The summed E-state index contributed by atoms with van der Waals surface area (Å²) in [6.07, 6.45) is 6.03. The second kappa shape index (κ2) is 9.27. The number of hydrogen-bond donors (Lipinski definition) is 2. The maximum absolute atomic E-state index is 13.1. The molecule has 8 nitrogen and oxygen atoms in total. The Bertz CT molecular complexity index is 1320. The Labute approximate surface area is 197 Å². The van der Waals surface area contributed by atoms with Crippen molar-refractivity contribution in [1.82, 2.24) is 9.38 Å². The number of anilines is 2. The lowest BCUT2D eigenvalue weighted by Crippen LogP contribution is -2.22. The Morgan fingerprint density at radius 1 is 1.00 bits per heavy atom. The number of ether oxygens (including phenoxy) is 1. The number of aromatic nitrogens is 2. The number of nitrogens with one attached hydrogen (secondary N) is 1. The lowest BCUT2D eigenvalue weighted by atomic mass is 10.1. The lowest BCUT2D eigenvalue weighted by molar-refractivity contribution is 0.0996. The minimum atomic E-state index is -0.536. The van der Waals surface area contributed by atoms with Crippen LogP contribution in [0, 0.1) is 0 Å². The summed E-state index contributed by atoms with van der Waals surface area (Å²) >= 11 is 0. The summed E-state index contributed by atoms with van der Waals surface area (Å²) in [5, 5.41) is 2.96. The second-order valence-electron chi connectivity index (χ2n) is 8.26. The van der Waals surface area contributed by atoms with Crippen LogP contribution in [-0.2, 0) is 6.61 Å². The zero-order valence-corrected chi connectivity index (χ0v) is 18.6. The van der Waals surface area contributed by atoms with Crippen molar-refractivity contribution in [3.63, 3.8) is 0 Å². The number of imidazole rings is 1. The van der Waals surface area contributed by atoms with Gasteiger partial charge in [-0.15, -0.1) is 0 Å². The molecular formula is C26H25N5O3. The van der Waals surface area contributed by atoms with Gasteiger partial charge < -0.3 is 25.1 Å². The molecule has 2 aromatic carbocycles. The minimum absolute atomic E-state index is 0.284. The molecule has 0 radical (unpaired) electrons. The van der Waals surface area contributed by atoms with E-state index >= 15 is 0 Å². The first-order chi connectivity index (χ1) is 16.6. The molecule has 1 saturated heterocycles. The molecule has 3 heterocycles. The van der Waals surface area contributed by atoms with E-state index in [1.54, 1.807) is 36.4 Å². The molecule has 0 saturated carbocycles. The number of nitrogens with two attached hydrogens (primary N) is 1. The number of hydrogen-bond acceptors (Lipinski definition) is 5. The molecule has 1 aliphatic rings. The van der Waals surface area contributed by atoms with Gasteiger partial charge in [-0.2, -0.15) is 0 Å². The molecule has 0 unspecified atom stereocenters. The maximum Gasteiger partial charge on any atom is 0.255 e. The summed E-state index contributed by atoms with van der Waals surface area (Å²) in [7, 11) is 0. The number of rotatable bonds is 7. The van der Waals surface area contributed by atoms with Crippen molar-refractivity contribution in [2.45, 2.75) is 19.4 Å². The molecule has 1 fully saturated rings. The van der Waals surface area contributed by atoms with Crippen LogP contribution in [0.1, 0.15) is 39.3 Å². The molecule has 0 spiro atoms. The predicted molar refractivity (Wildman–Crippen MR) is 130 cm³/mol. The van der Waals surface area contributed by atoms with Gasteiger partial charge in [0.25, 0.3) is 5.91 Å². The number of benzene rings is 2. The number of amides is 2. The van der Waals surface area contributed by atoms with Gasteiger partial charge in [-0.3, -0.25) is 9.59 Å². The SMILES string of the molecule is NC(=O)c1ccc(N2CCCC2)c(NC(=O)c2cccc(OCc3cn4ccccc4n3)c2)c1. The zero-order valence-electron chi connectivity index (χ0n) is 18.6. The van der Waals surface area contributed by atoms with E-state index < -0.39 is 5.91 Å². The Morgan fingerprint density at radius 2 is 1.85 bits per heavy atom. The summed E-state index contributed by atoms with van der Waals surface area (Å²) in [5.41, 5.74) is 9.36. The van der Waals surface area contributed by atoms with Gasteiger partial charge >= 0.3 is 0 Å². The maximum atomic E-state index is 13.1. The highest BCUT2D eigenvalue weighted by molar-refractivity contribution is 6.07. The molecule has 34 heavy (non-hydrogen) atoms. The molecular weight excluding hydrogens is 430 g/mol. The second-order valence-corrected chi connectivity index (χ2v) is 8.26. The summed E-state index contributed by atoms with van der Waals surface area (Å²) in [4.78, 5) is 31.5. The van der Waals surface area contributed by atoms with E-state index in [-0.39, 0.29) is 12.5 Å². The number of fused-ring (bicyclic) bond motifs is 1. The van der Waals surface area contributed by atoms with Crippen LogP contribution in [0.3, 0.4) is 0 Å². The third-order valence-corrected chi connectivity index (χ3v) is 5.87. The van der Waals surface area contributed by atoms with Crippen molar-refractivity contribution >= 4 is 28.8 Å². The molecule has 172 valence electrons. The Kier molecular flexibility index (Phi) is 5.86. The van der Waals surface area contributed by atoms with Gasteiger partial charge in [0, 0.05) is 36.6 Å². The van der Waals surface area contributed by atoms with Crippen LogP contribution in [0.4, 0.5) is 11.4 Å². The van der Waals surface area contributed by atoms with Gasteiger partial charge in [-0.1, -0.05) is 12.1 Å². The van der Waals surface area contributed by atoms with Gasteiger partial charge in [0.05, 0.1) is 17.1 Å². The summed E-state index contributed by atoms with van der Waals surface area (Å²) in [6, 6.07) is 18.0. The molecule has 0 bridgehead atoms. The third-order valence-electron chi connectivity index (χ3n) is 5.87. The monoisotopic (exact) mass is 455 g/mol. The molecule has 1 aliphatic heterocycles. The van der Waals surface area contributed by atoms with Crippen LogP contribution in [0.2, 0.25) is 0 Å². The Morgan fingerprint density at radius 3 is 2.65 bits per heavy atom. The Hall–Kier alpha value is -4.33. The highest BCUT2D eigenvalue weighted by Gasteiger charge is 2.19. The van der Waals surface area contributed by atoms with Gasteiger partial charge in [0.15, 0.2) is 0 Å². The third kappa shape index (κ3) is 4.56. The average Bonchev–Trinajstić information content (AvgIpc) is 3.53. The van der Waals surface area contributed by atoms with Gasteiger partial charge in [0.2, 0.25) is 5.91 Å². The van der Waals surface area contributed by atoms with Crippen molar-refractivity contribution in [3.05, 3.63) is 89.9 Å². The number of primary amides is 1. The van der Waals surface area contributed by atoms with Crippen molar-refractivity contribution in [3.8, 4) is 5.75 Å². The molecule has 0 atom stereocenters. The molecule has 3 N–H and O–H groups in total. The molecule has 5 rings (SSSR count). The van der Waals surface area contributed by atoms with E-state index in [0.29, 0.717) is 22.6 Å². The van der Waals surface area contributed by atoms with E-state index in [0.717, 1.165) is 43.0 Å². The quantitative estimate of drug-likeness (QED) is 0.441. The van der Waals surface area contributed by atoms with Crippen LogP contribution in [0.5, 0.6) is 5.75 Å². The Balaban J connectivity index is 1.32. The van der Waals surface area contributed by atoms with Crippen LogP contribution in [-0.4, -0.2) is 34.3 Å². The first-order valence-electron chi connectivity index (χ1n) is 11.2. The van der Waals surface area contributed by atoms with Crippen molar-refractivity contribution in [2.75, 3.05) is 23.3 Å². The molecule has 2 amide bonds. The van der Waals surface area contributed by atoms with Crippen LogP contribution in [0.25, 0.3) is 5.65 Å². The highest BCUT2D eigenvalue weighted by atomic mass is 16.5. The van der Waals surface area contributed by atoms with Crippen LogP contribution < -0.4 is 20.7 Å². The fourth-order valence-electron chi connectivity index (χ4n) is 4.16. The number of carbonyl (C=O) groups excluding carboxylic acids is 2. The minimum Gasteiger partial charge on any atom is -0.487 e. The zero-order chi connectivity index (χ0) is 23.5. The van der Waals surface area contributed by atoms with Gasteiger partial charge in [-0.25, -0.2) is 4.98 Å². The highest BCUT2D eigenvalue weighted by Crippen LogP contribution is 2.30. The summed E-state index contributed by atoms with van der Waals surface area (Å²) in [6.45, 7) is 2.10. The number of nitrogens with zero attached hydrogens (tertiary/aromatic N) is 3. The topological polar surface area (TPSA) is 102 Å².